The number of phenolic OH excluding ortho intramolecular Hbond substituents is 1. The Morgan fingerprint density at radius 1 is 1.04 bits per heavy atom. The smallest absolute Gasteiger partial charge is 0.117 e. The maximum Gasteiger partial charge on any atom is 0.117 e. The van der Waals surface area contributed by atoms with E-state index in [0.717, 1.165) is 22.6 Å². The third-order valence-electron chi connectivity index (χ3n) is 3.63. The van der Waals surface area contributed by atoms with Crippen molar-refractivity contribution in [2.24, 2.45) is 5.73 Å². The molecule has 0 atom stereocenters. The average Bonchev–Trinajstić information content (AvgIpc) is 2.54. The van der Waals surface area contributed by atoms with Gasteiger partial charge in [-0.2, -0.15) is 0 Å². The third-order valence-corrected chi connectivity index (χ3v) is 3.63. The predicted molar refractivity (Wildman–Crippen MR) is 93.0 cm³/mol. The first-order chi connectivity index (χ1) is 11.1. The minimum absolute atomic E-state index is 0.208. The number of hydrazine groups is 1. The molecule has 4 N–H and O–H groups in total. The van der Waals surface area contributed by atoms with E-state index in [1.165, 1.54) is 0 Å². The van der Waals surface area contributed by atoms with Gasteiger partial charge < -0.3 is 15.7 Å². The Balaban J connectivity index is 2.06. The zero-order chi connectivity index (χ0) is 16.4. The molecule has 2 aromatic rings. The second kappa shape index (κ2) is 5.96. The zero-order valence-electron chi connectivity index (χ0n) is 13.2. The molecule has 0 unspecified atom stereocenters. The first-order valence-corrected chi connectivity index (χ1v) is 7.36. The van der Waals surface area contributed by atoms with Gasteiger partial charge in [0.2, 0.25) is 0 Å². The standard InChI is InChI=1S/C18H20N4O/c1-21(2)18-16(19)12-22(14-9-6-10-15(23)11-14)20-17(18)13-7-4-3-5-8-13/h3-12,20,23H,19H2,1-2H3. The fourth-order valence-electron chi connectivity index (χ4n) is 2.62. The Morgan fingerprint density at radius 2 is 1.78 bits per heavy atom. The van der Waals surface area contributed by atoms with Crippen LogP contribution in [0.4, 0.5) is 5.69 Å². The van der Waals surface area contributed by atoms with E-state index in [2.05, 4.69) is 5.43 Å². The lowest BCUT2D eigenvalue weighted by molar-refractivity contribution is 0.475. The van der Waals surface area contributed by atoms with E-state index < -0.39 is 0 Å². The molecule has 1 heterocycles. The minimum Gasteiger partial charge on any atom is -0.508 e. The van der Waals surface area contributed by atoms with E-state index in [4.69, 9.17) is 5.73 Å². The molecule has 0 aliphatic carbocycles. The molecule has 0 saturated heterocycles. The lowest BCUT2D eigenvalue weighted by atomic mass is 10.1. The van der Waals surface area contributed by atoms with Gasteiger partial charge in [-0.15, -0.1) is 0 Å². The normalized spacial score (nSPS) is 14.3. The monoisotopic (exact) mass is 308 g/mol. The number of hydrogen-bond donors (Lipinski definition) is 3. The summed E-state index contributed by atoms with van der Waals surface area (Å²) in [5.41, 5.74) is 14.0. The zero-order valence-corrected chi connectivity index (χ0v) is 13.2. The van der Waals surface area contributed by atoms with Crippen LogP contribution in [-0.4, -0.2) is 24.1 Å². The molecule has 0 spiro atoms. The van der Waals surface area contributed by atoms with Crippen LogP contribution >= 0.6 is 0 Å². The summed E-state index contributed by atoms with van der Waals surface area (Å²) in [6.07, 6.45) is 1.82. The van der Waals surface area contributed by atoms with Gasteiger partial charge in [0.15, 0.2) is 0 Å². The van der Waals surface area contributed by atoms with Crippen molar-refractivity contribution in [1.29, 1.82) is 0 Å². The maximum atomic E-state index is 9.71. The molecular formula is C18H20N4O. The van der Waals surface area contributed by atoms with Gasteiger partial charge in [-0.05, 0) is 12.1 Å². The minimum atomic E-state index is 0.208. The highest BCUT2D eigenvalue weighted by atomic mass is 16.3. The quantitative estimate of drug-likeness (QED) is 0.813. The SMILES string of the molecule is CN(C)C1=C(c2ccccc2)NN(c2cccc(O)c2)C=C1N. The van der Waals surface area contributed by atoms with E-state index in [0.29, 0.717) is 5.70 Å². The van der Waals surface area contributed by atoms with Crippen molar-refractivity contribution in [3.63, 3.8) is 0 Å². The van der Waals surface area contributed by atoms with Crippen LogP contribution in [0.3, 0.4) is 0 Å². The second-order valence-corrected chi connectivity index (χ2v) is 5.57. The van der Waals surface area contributed by atoms with Crippen LogP contribution in [0, 0.1) is 0 Å². The first-order valence-electron chi connectivity index (χ1n) is 7.36. The van der Waals surface area contributed by atoms with E-state index >= 15 is 0 Å². The molecule has 0 amide bonds. The average molecular weight is 308 g/mol. The topological polar surface area (TPSA) is 64.8 Å². The van der Waals surface area contributed by atoms with Gasteiger partial charge in [-0.25, -0.2) is 0 Å². The van der Waals surface area contributed by atoms with E-state index in [9.17, 15) is 5.11 Å². The van der Waals surface area contributed by atoms with Crippen molar-refractivity contribution >= 4 is 11.4 Å². The Kier molecular flexibility index (Phi) is 3.85. The third kappa shape index (κ3) is 2.94. The van der Waals surface area contributed by atoms with Crippen LogP contribution in [0.15, 0.2) is 72.2 Å². The molecule has 0 fully saturated rings. The molecule has 1 aliphatic rings. The number of likely N-dealkylation sites (N-methyl/N-ethyl adjacent to an activating group) is 1. The highest BCUT2D eigenvalue weighted by molar-refractivity contribution is 5.75. The van der Waals surface area contributed by atoms with Crippen LogP contribution in [0.5, 0.6) is 5.75 Å². The number of aromatic hydroxyl groups is 1. The van der Waals surface area contributed by atoms with Crippen molar-refractivity contribution in [3.05, 3.63) is 77.8 Å². The summed E-state index contributed by atoms with van der Waals surface area (Å²) in [4.78, 5) is 1.99. The summed E-state index contributed by atoms with van der Waals surface area (Å²) < 4.78 is 0. The van der Waals surface area contributed by atoms with Crippen molar-refractivity contribution < 1.29 is 5.11 Å². The van der Waals surface area contributed by atoms with Crippen LogP contribution in [0.1, 0.15) is 5.56 Å². The fraction of sp³-hybridized carbons (Fsp3) is 0.111. The molecule has 0 radical (unpaired) electrons. The number of phenols is 1. The van der Waals surface area contributed by atoms with Crippen LogP contribution in [-0.2, 0) is 0 Å². The highest BCUT2D eigenvalue weighted by Crippen LogP contribution is 2.29. The van der Waals surface area contributed by atoms with Crippen molar-refractivity contribution in [2.75, 3.05) is 19.1 Å². The summed E-state index contributed by atoms with van der Waals surface area (Å²) >= 11 is 0. The molecule has 3 rings (SSSR count). The Morgan fingerprint density at radius 3 is 2.43 bits per heavy atom. The molecule has 0 aromatic heterocycles. The fourth-order valence-corrected chi connectivity index (χ4v) is 2.62. The molecule has 0 bridgehead atoms. The number of nitrogens with zero attached hydrogens (tertiary/aromatic N) is 2. The summed E-state index contributed by atoms with van der Waals surface area (Å²) in [6, 6.07) is 17.0. The van der Waals surface area contributed by atoms with Gasteiger partial charge in [-0.3, -0.25) is 10.4 Å². The van der Waals surface area contributed by atoms with E-state index in [1.807, 2.05) is 66.6 Å². The molecule has 1 aliphatic heterocycles. The Hall–Kier alpha value is -3.08. The molecule has 5 nitrogen and oxygen atoms in total. The number of rotatable bonds is 3. The summed E-state index contributed by atoms with van der Waals surface area (Å²) in [5, 5.41) is 11.5. The summed E-state index contributed by atoms with van der Waals surface area (Å²) in [6.45, 7) is 0. The maximum absolute atomic E-state index is 9.71. The molecule has 118 valence electrons. The number of nitrogens with one attached hydrogen (secondary N) is 1. The second-order valence-electron chi connectivity index (χ2n) is 5.57. The number of hydrogen-bond acceptors (Lipinski definition) is 5. The van der Waals surface area contributed by atoms with Gasteiger partial charge in [-0.1, -0.05) is 36.4 Å². The Bertz CT molecular complexity index is 766. The lowest BCUT2D eigenvalue weighted by Crippen LogP contribution is -2.40. The van der Waals surface area contributed by atoms with Gasteiger partial charge in [0.25, 0.3) is 0 Å². The van der Waals surface area contributed by atoms with Crippen molar-refractivity contribution in [2.45, 2.75) is 0 Å². The molecular weight excluding hydrogens is 288 g/mol. The lowest BCUT2D eigenvalue weighted by Gasteiger charge is -2.34. The molecule has 2 aromatic carbocycles. The summed E-state index contributed by atoms with van der Waals surface area (Å²) in [5.74, 6) is 0.208. The molecule has 5 heteroatoms. The predicted octanol–water partition coefficient (Wildman–Crippen LogP) is 2.45. The van der Waals surface area contributed by atoms with Gasteiger partial charge in [0.05, 0.1) is 29.0 Å². The van der Waals surface area contributed by atoms with Crippen LogP contribution < -0.4 is 16.2 Å². The number of nitrogens with two attached hydrogens (primary N) is 1. The van der Waals surface area contributed by atoms with E-state index in [-0.39, 0.29) is 5.75 Å². The summed E-state index contributed by atoms with van der Waals surface area (Å²) in [7, 11) is 3.93. The van der Waals surface area contributed by atoms with Crippen LogP contribution in [0.2, 0.25) is 0 Å². The number of benzene rings is 2. The molecule has 23 heavy (non-hydrogen) atoms. The first kappa shape index (κ1) is 14.8. The van der Waals surface area contributed by atoms with Crippen molar-refractivity contribution in [3.8, 4) is 5.75 Å². The van der Waals surface area contributed by atoms with Gasteiger partial charge in [0, 0.05) is 25.7 Å². The largest absolute Gasteiger partial charge is 0.508 e. The Labute approximate surface area is 135 Å². The van der Waals surface area contributed by atoms with Gasteiger partial charge in [0.1, 0.15) is 5.75 Å². The number of anilines is 1. The van der Waals surface area contributed by atoms with E-state index in [1.54, 1.807) is 18.2 Å². The van der Waals surface area contributed by atoms with Crippen LogP contribution in [0.25, 0.3) is 5.70 Å². The molecule has 0 saturated carbocycles. The highest BCUT2D eigenvalue weighted by Gasteiger charge is 2.22. The van der Waals surface area contributed by atoms with Crippen molar-refractivity contribution in [1.82, 2.24) is 10.3 Å². The van der Waals surface area contributed by atoms with Gasteiger partial charge >= 0.3 is 0 Å².